The summed E-state index contributed by atoms with van der Waals surface area (Å²) in [5, 5.41) is 3.02. The van der Waals surface area contributed by atoms with E-state index in [0.717, 1.165) is 12.8 Å². The number of hydrogen-bond donors (Lipinski definition) is 1. The van der Waals surface area contributed by atoms with E-state index in [1.165, 1.54) is 19.7 Å². The first-order chi connectivity index (χ1) is 14.5. The van der Waals surface area contributed by atoms with E-state index in [9.17, 15) is 9.59 Å². The Hall–Kier alpha value is -2.94. The molecule has 3 aliphatic rings. The molecule has 4 atom stereocenters. The summed E-state index contributed by atoms with van der Waals surface area (Å²) in [5.41, 5.74) is 0.534. The Balaban J connectivity index is 1.26. The number of nitrogens with zero attached hydrogens (tertiary/aromatic N) is 3. The van der Waals surface area contributed by atoms with Gasteiger partial charge < -0.3 is 24.1 Å². The summed E-state index contributed by atoms with van der Waals surface area (Å²) in [7, 11) is 1.53. The van der Waals surface area contributed by atoms with Gasteiger partial charge in [0.05, 0.1) is 30.9 Å². The molecule has 1 N–H and O–H groups in total. The summed E-state index contributed by atoms with van der Waals surface area (Å²) in [4.78, 5) is 35.4. The van der Waals surface area contributed by atoms with Crippen LogP contribution < -0.4 is 10.1 Å². The van der Waals surface area contributed by atoms with Crippen LogP contribution in [0.15, 0.2) is 29.1 Å². The molecule has 1 spiro atoms. The van der Waals surface area contributed by atoms with Crippen LogP contribution in [0.2, 0.25) is 0 Å². The van der Waals surface area contributed by atoms with Crippen molar-refractivity contribution >= 4 is 11.8 Å². The lowest BCUT2D eigenvalue weighted by Crippen LogP contribution is -2.41. The van der Waals surface area contributed by atoms with Crippen molar-refractivity contribution in [1.29, 1.82) is 0 Å². The van der Waals surface area contributed by atoms with Crippen molar-refractivity contribution in [2.45, 2.75) is 31.5 Å². The van der Waals surface area contributed by atoms with Crippen LogP contribution >= 0.6 is 0 Å². The van der Waals surface area contributed by atoms with Crippen LogP contribution in [0.3, 0.4) is 0 Å². The van der Waals surface area contributed by atoms with Crippen LogP contribution in [0.4, 0.5) is 0 Å². The maximum Gasteiger partial charge on any atom is 0.276 e. The summed E-state index contributed by atoms with van der Waals surface area (Å²) in [6.45, 7) is 3.41. The van der Waals surface area contributed by atoms with Crippen LogP contribution in [-0.4, -0.2) is 65.1 Å². The second-order valence-corrected chi connectivity index (χ2v) is 8.27. The number of aromatic nitrogens is 2. The van der Waals surface area contributed by atoms with Crippen molar-refractivity contribution in [3.05, 3.63) is 41.7 Å². The lowest BCUT2D eigenvalue weighted by atomic mass is 9.73. The van der Waals surface area contributed by atoms with Gasteiger partial charge in [-0.3, -0.25) is 9.59 Å². The van der Waals surface area contributed by atoms with E-state index in [2.05, 4.69) is 15.3 Å². The van der Waals surface area contributed by atoms with Crippen LogP contribution in [0, 0.1) is 18.8 Å². The maximum absolute atomic E-state index is 12.9. The van der Waals surface area contributed by atoms with Crippen molar-refractivity contribution in [2.24, 2.45) is 11.8 Å². The monoisotopic (exact) mass is 412 g/mol. The number of amides is 2. The van der Waals surface area contributed by atoms with Gasteiger partial charge in [-0.2, -0.15) is 0 Å². The van der Waals surface area contributed by atoms with Crippen LogP contribution in [0.1, 0.15) is 39.4 Å². The Morgan fingerprint density at radius 3 is 2.93 bits per heavy atom. The van der Waals surface area contributed by atoms with E-state index >= 15 is 0 Å². The zero-order chi connectivity index (χ0) is 20.9. The number of ether oxygens (including phenoxy) is 2. The second kappa shape index (κ2) is 7.09. The molecule has 30 heavy (non-hydrogen) atoms. The summed E-state index contributed by atoms with van der Waals surface area (Å²) in [6, 6.07) is 3.35. The average molecular weight is 412 g/mol. The predicted octanol–water partition coefficient (Wildman–Crippen LogP) is 1.44. The highest BCUT2D eigenvalue weighted by Crippen LogP contribution is 2.54. The normalized spacial score (nSPS) is 29.1. The first kappa shape index (κ1) is 19.0. The molecule has 158 valence electrons. The molecular formula is C21H24N4O5. The number of rotatable bonds is 5. The number of likely N-dealkylation sites (tertiary alicyclic amines) is 1. The minimum absolute atomic E-state index is 0.121. The smallest absolute Gasteiger partial charge is 0.276 e. The first-order valence-corrected chi connectivity index (χ1v) is 10.2. The largest absolute Gasteiger partial charge is 0.481 e. The molecule has 0 saturated carbocycles. The zero-order valence-electron chi connectivity index (χ0n) is 17.0. The van der Waals surface area contributed by atoms with Crippen LogP contribution in [0.5, 0.6) is 5.88 Å². The third-order valence-corrected chi connectivity index (χ3v) is 6.72. The number of aryl methyl sites for hydroxylation is 1. The van der Waals surface area contributed by atoms with E-state index in [-0.39, 0.29) is 35.4 Å². The maximum atomic E-state index is 12.9. The van der Waals surface area contributed by atoms with E-state index in [1.807, 2.05) is 4.90 Å². The number of hydrogen-bond acceptors (Lipinski definition) is 7. The van der Waals surface area contributed by atoms with Crippen LogP contribution in [-0.2, 0) is 4.74 Å². The Morgan fingerprint density at radius 1 is 1.37 bits per heavy atom. The molecule has 2 aromatic rings. The number of oxazole rings is 1. The van der Waals surface area contributed by atoms with Gasteiger partial charge in [-0.05, 0) is 25.8 Å². The minimum atomic E-state index is -0.310. The van der Waals surface area contributed by atoms with E-state index in [1.54, 1.807) is 19.1 Å². The van der Waals surface area contributed by atoms with E-state index < -0.39 is 0 Å². The molecule has 3 aliphatic heterocycles. The highest BCUT2D eigenvalue weighted by Gasteiger charge is 2.63. The van der Waals surface area contributed by atoms with Crippen molar-refractivity contribution in [2.75, 3.05) is 26.7 Å². The first-order valence-electron chi connectivity index (χ1n) is 10.2. The fourth-order valence-electron chi connectivity index (χ4n) is 5.23. The molecule has 0 aromatic carbocycles. The molecule has 5 heterocycles. The fourth-order valence-corrected chi connectivity index (χ4v) is 5.23. The molecule has 0 unspecified atom stereocenters. The number of carbonyl (C=O) groups excluding carboxylic acids is 2. The highest BCUT2D eigenvalue weighted by atomic mass is 16.5. The summed E-state index contributed by atoms with van der Waals surface area (Å²) >= 11 is 0. The summed E-state index contributed by atoms with van der Waals surface area (Å²) < 4.78 is 16.6. The standard InChI is InChI=1S/C21H24N4O5/c1-12-18(24-11-29-12)20(27)25-9-15-14(16-5-6-21(15,10-25)30-16)8-23-19(26)13-3-4-17(28-2)22-7-13/h3-4,7,11,14-16H,5-6,8-10H2,1-2H3,(H,23,26)/t14-,15+,16+,21+/m0/s1. The van der Waals surface area contributed by atoms with Crippen molar-refractivity contribution < 1.29 is 23.5 Å². The molecule has 5 rings (SSSR count). The van der Waals surface area contributed by atoms with Crippen molar-refractivity contribution in [1.82, 2.24) is 20.2 Å². The van der Waals surface area contributed by atoms with Gasteiger partial charge in [0, 0.05) is 37.2 Å². The number of pyridine rings is 1. The van der Waals surface area contributed by atoms with Gasteiger partial charge >= 0.3 is 0 Å². The van der Waals surface area contributed by atoms with Gasteiger partial charge in [0.25, 0.3) is 11.8 Å². The second-order valence-electron chi connectivity index (χ2n) is 8.27. The summed E-state index contributed by atoms with van der Waals surface area (Å²) in [6.07, 6.45) is 4.81. The van der Waals surface area contributed by atoms with Gasteiger partial charge in [0.15, 0.2) is 12.1 Å². The van der Waals surface area contributed by atoms with Crippen molar-refractivity contribution in [3.8, 4) is 5.88 Å². The molecule has 2 amide bonds. The number of carbonyl (C=O) groups is 2. The molecule has 3 saturated heterocycles. The summed E-state index contributed by atoms with van der Waals surface area (Å²) in [5.74, 6) is 1.06. The van der Waals surface area contributed by atoms with Gasteiger partial charge in [0.1, 0.15) is 5.76 Å². The Kier molecular flexibility index (Phi) is 4.50. The Bertz CT molecular complexity index is 974. The number of fused-ring (bicyclic) bond motifs is 1. The van der Waals surface area contributed by atoms with Crippen LogP contribution in [0.25, 0.3) is 0 Å². The lowest BCUT2D eigenvalue weighted by Gasteiger charge is -2.29. The average Bonchev–Trinajstić information content (AvgIpc) is 3.52. The molecule has 3 fully saturated rings. The molecule has 2 bridgehead atoms. The minimum Gasteiger partial charge on any atom is -0.481 e. The van der Waals surface area contributed by atoms with Gasteiger partial charge in [-0.1, -0.05) is 0 Å². The molecule has 2 aromatic heterocycles. The Morgan fingerprint density at radius 2 is 2.23 bits per heavy atom. The molecule has 9 heteroatoms. The Labute approximate surface area is 173 Å². The molecule has 0 aliphatic carbocycles. The molecule has 9 nitrogen and oxygen atoms in total. The number of nitrogens with one attached hydrogen (secondary N) is 1. The quantitative estimate of drug-likeness (QED) is 0.792. The zero-order valence-corrected chi connectivity index (χ0v) is 17.0. The molecule has 0 radical (unpaired) electrons. The predicted molar refractivity (Wildman–Crippen MR) is 104 cm³/mol. The van der Waals surface area contributed by atoms with E-state index in [4.69, 9.17) is 13.9 Å². The third kappa shape index (κ3) is 2.96. The van der Waals surface area contributed by atoms with Gasteiger partial charge in [-0.15, -0.1) is 0 Å². The highest BCUT2D eigenvalue weighted by molar-refractivity contribution is 5.94. The fraction of sp³-hybridized carbons (Fsp3) is 0.524. The van der Waals surface area contributed by atoms with Gasteiger partial charge in [-0.25, -0.2) is 9.97 Å². The number of methoxy groups -OCH3 is 1. The van der Waals surface area contributed by atoms with Gasteiger partial charge in [0.2, 0.25) is 5.88 Å². The van der Waals surface area contributed by atoms with Crippen molar-refractivity contribution in [3.63, 3.8) is 0 Å². The molecular weight excluding hydrogens is 388 g/mol. The SMILES string of the molecule is COc1ccc(C(=O)NC[C@H]2[C@H]3CN(C(=O)c4ncoc4C)C[C@]34CC[C@H]2O4)cn1. The third-order valence-electron chi connectivity index (χ3n) is 6.72. The topological polar surface area (TPSA) is 107 Å². The van der Waals surface area contributed by atoms with E-state index in [0.29, 0.717) is 42.5 Å². The lowest BCUT2D eigenvalue weighted by molar-refractivity contribution is 0.00309.